The maximum Gasteiger partial charge on any atom is 0.372 e. The largest absolute Gasteiger partial charge is 0.475 e. The second-order valence-electron chi connectivity index (χ2n) is 4.27. The molecular formula is C13H11N3O3. The molecule has 6 nitrogen and oxygen atoms in total. The van der Waals surface area contributed by atoms with Crippen molar-refractivity contribution in [2.75, 3.05) is 0 Å². The van der Waals surface area contributed by atoms with Gasteiger partial charge in [-0.15, -0.1) is 5.10 Å². The van der Waals surface area contributed by atoms with Gasteiger partial charge in [0.05, 0.1) is 5.52 Å². The van der Waals surface area contributed by atoms with Crippen LogP contribution in [0.25, 0.3) is 11.0 Å². The van der Waals surface area contributed by atoms with E-state index >= 15 is 0 Å². The highest BCUT2D eigenvalue weighted by molar-refractivity contribution is 5.86. The van der Waals surface area contributed by atoms with Gasteiger partial charge in [-0.2, -0.15) is 0 Å². The van der Waals surface area contributed by atoms with Gasteiger partial charge in [0.25, 0.3) is 0 Å². The fourth-order valence-corrected chi connectivity index (χ4v) is 2.02. The molecule has 1 aromatic carbocycles. The first-order valence-corrected chi connectivity index (χ1v) is 5.76. The number of aryl methyl sites for hydroxylation is 1. The van der Waals surface area contributed by atoms with Gasteiger partial charge in [-0.05, 0) is 25.1 Å². The Bertz CT molecular complexity index is 757. The fourth-order valence-electron chi connectivity index (χ4n) is 2.02. The molecule has 1 N–H and O–H groups in total. The van der Waals surface area contributed by atoms with E-state index in [1.807, 2.05) is 24.3 Å². The summed E-state index contributed by atoms with van der Waals surface area (Å²) in [5.41, 5.74) is 2.28. The third kappa shape index (κ3) is 1.97. The van der Waals surface area contributed by atoms with Crippen LogP contribution in [0, 0.1) is 6.92 Å². The number of carboxylic acids is 1. The van der Waals surface area contributed by atoms with Gasteiger partial charge in [0.15, 0.2) is 0 Å². The summed E-state index contributed by atoms with van der Waals surface area (Å²) in [6.45, 7) is 2.06. The van der Waals surface area contributed by atoms with Crippen LogP contribution in [0.5, 0.6) is 0 Å². The molecule has 6 heteroatoms. The minimum atomic E-state index is -1.06. The first-order valence-electron chi connectivity index (χ1n) is 5.76. The number of aromatic nitrogens is 3. The van der Waals surface area contributed by atoms with Crippen molar-refractivity contribution in [2.45, 2.75) is 13.5 Å². The number of benzene rings is 1. The van der Waals surface area contributed by atoms with Gasteiger partial charge in [0.2, 0.25) is 5.76 Å². The molecule has 2 aromatic heterocycles. The van der Waals surface area contributed by atoms with Gasteiger partial charge in [-0.1, -0.05) is 17.3 Å². The van der Waals surface area contributed by atoms with Crippen LogP contribution in [-0.2, 0) is 6.54 Å². The molecule has 3 aromatic rings. The zero-order valence-electron chi connectivity index (χ0n) is 10.2. The van der Waals surface area contributed by atoms with E-state index in [-0.39, 0.29) is 5.76 Å². The number of hydrogen-bond acceptors (Lipinski definition) is 4. The van der Waals surface area contributed by atoms with Gasteiger partial charge >= 0.3 is 5.97 Å². The lowest BCUT2D eigenvalue weighted by atomic mass is 10.2. The van der Waals surface area contributed by atoms with Crippen LogP contribution in [0.4, 0.5) is 0 Å². The predicted octanol–water partition coefficient (Wildman–Crippen LogP) is 2.08. The van der Waals surface area contributed by atoms with Crippen molar-refractivity contribution in [3.63, 3.8) is 0 Å². The van der Waals surface area contributed by atoms with Crippen molar-refractivity contribution in [1.82, 2.24) is 15.0 Å². The Balaban J connectivity index is 1.97. The van der Waals surface area contributed by atoms with E-state index in [0.717, 1.165) is 11.0 Å². The molecule has 0 aliphatic heterocycles. The highest BCUT2D eigenvalue weighted by atomic mass is 16.4. The Morgan fingerprint density at radius 2 is 2.21 bits per heavy atom. The van der Waals surface area contributed by atoms with Crippen molar-refractivity contribution < 1.29 is 14.3 Å². The number of rotatable bonds is 3. The zero-order chi connectivity index (χ0) is 13.4. The minimum absolute atomic E-state index is 0.0283. The third-order valence-electron chi connectivity index (χ3n) is 2.89. The lowest BCUT2D eigenvalue weighted by Crippen LogP contribution is -2.01. The maximum absolute atomic E-state index is 10.9. The van der Waals surface area contributed by atoms with Gasteiger partial charge in [0, 0.05) is 5.56 Å². The lowest BCUT2D eigenvalue weighted by molar-refractivity contribution is 0.0659. The molecule has 0 saturated carbocycles. The molecule has 0 saturated heterocycles. The smallest absolute Gasteiger partial charge is 0.372 e. The molecule has 0 fully saturated rings. The zero-order valence-corrected chi connectivity index (χ0v) is 10.2. The van der Waals surface area contributed by atoms with Crippen LogP contribution in [0.3, 0.4) is 0 Å². The van der Waals surface area contributed by atoms with Crippen molar-refractivity contribution in [1.29, 1.82) is 0 Å². The Kier molecular flexibility index (Phi) is 2.56. The highest BCUT2D eigenvalue weighted by Gasteiger charge is 2.15. The Morgan fingerprint density at radius 3 is 2.95 bits per heavy atom. The predicted molar refractivity (Wildman–Crippen MR) is 67.0 cm³/mol. The van der Waals surface area contributed by atoms with Gasteiger partial charge in [-0.3, -0.25) is 0 Å². The Labute approximate surface area is 108 Å². The second-order valence-corrected chi connectivity index (χ2v) is 4.27. The van der Waals surface area contributed by atoms with E-state index < -0.39 is 5.97 Å². The molecule has 0 spiro atoms. The first kappa shape index (κ1) is 11.5. The number of aromatic carboxylic acids is 1. The third-order valence-corrected chi connectivity index (χ3v) is 2.89. The van der Waals surface area contributed by atoms with Crippen LogP contribution in [0.15, 0.2) is 34.7 Å². The molecule has 19 heavy (non-hydrogen) atoms. The molecule has 0 unspecified atom stereocenters. The van der Waals surface area contributed by atoms with Crippen LogP contribution in [0.1, 0.15) is 21.9 Å². The van der Waals surface area contributed by atoms with Gasteiger partial charge in [-0.25, -0.2) is 9.48 Å². The molecule has 0 amide bonds. The summed E-state index contributed by atoms with van der Waals surface area (Å²) in [6, 6.07) is 9.28. The van der Waals surface area contributed by atoms with Crippen LogP contribution < -0.4 is 0 Å². The first-order chi connectivity index (χ1) is 9.15. The normalized spacial score (nSPS) is 11.0. The van der Waals surface area contributed by atoms with Gasteiger partial charge in [0.1, 0.15) is 17.8 Å². The molecule has 2 heterocycles. The number of hydrogen-bond donors (Lipinski definition) is 1. The molecule has 96 valence electrons. The minimum Gasteiger partial charge on any atom is -0.475 e. The van der Waals surface area contributed by atoms with E-state index in [0.29, 0.717) is 17.9 Å². The number of para-hydroxylation sites is 1. The summed E-state index contributed by atoms with van der Waals surface area (Å²) < 4.78 is 6.99. The number of furan rings is 1. The number of nitrogens with zero attached hydrogens (tertiary/aromatic N) is 3. The fraction of sp³-hybridized carbons (Fsp3) is 0.154. The molecule has 0 radical (unpaired) electrons. The van der Waals surface area contributed by atoms with E-state index in [9.17, 15) is 4.79 Å². The number of carboxylic acid groups (broad SMARTS) is 1. The molecule has 0 atom stereocenters. The monoisotopic (exact) mass is 257 g/mol. The summed E-state index contributed by atoms with van der Waals surface area (Å²) in [7, 11) is 0. The standard InChI is InChI=1S/C13H11N3O3/c1-8-6-9(19-12(8)13(17)18)7-16-11-5-3-2-4-10(11)14-15-16/h2-6H,7H2,1H3,(H,17,18). The van der Waals surface area contributed by atoms with Gasteiger partial charge < -0.3 is 9.52 Å². The van der Waals surface area contributed by atoms with E-state index in [1.54, 1.807) is 17.7 Å². The summed E-state index contributed by atoms with van der Waals surface area (Å²) in [5, 5.41) is 17.0. The van der Waals surface area contributed by atoms with Crippen molar-refractivity contribution in [2.24, 2.45) is 0 Å². The quantitative estimate of drug-likeness (QED) is 0.776. The Hall–Kier alpha value is -2.63. The number of carbonyl (C=O) groups is 1. The van der Waals surface area contributed by atoms with Crippen molar-refractivity contribution in [3.05, 3.63) is 47.4 Å². The molecule has 0 aliphatic carbocycles. The molecule has 0 bridgehead atoms. The van der Waals surface area contributed by atoms with E-state index in [2.05, 4.69) is 10.3 Å². The van der Waals surface area contributed by atoms with Crippen molar-refractivity contribution in [3.8, 4) is 0 Å². The second kappa shape index (κ2) is 4.24. The SMILES string of the molecule is Cc1cc(Cn2nnc3ccccc32)oc1C(=O)O. The summed E-state index contributed by atoms with van der Waals surface area (Å²) in [6.07, 6.45) is 0. The topological polar surface area (TPSA) is 81.2 Å². The maximum atomic E-state index is 10.9. The molecule has 0 aliphatic rings. The highest BCUT2D eigenvalue weighted by Crippen LogP contribution is 2.17. The van der Waals surface area contributed by atoms with Crippen LogP contribution in [-0.4, -0.2) is 26.1 Å². The summed E-state index contributed by atoms with van der Waals surface area (Å²) in [5.74, 6) is -0.544. The summed E-state index contributed by atoms with van der Waals surface area (Å²) >= 11 is 0. The molecular weight excluding hydrogens is 246 g/mol. The van der Waals surface area contributed by atoms with E-state index in [1.165, 1.54) is 0 Å². The van der Waals surface area contributed by atoms with E-state index in [4.69, 9.17) is 9.52 Å². The lowest BCUT2D eigenvalue weighted by Gasteiger charge is -1.98. The Morgan fingerprint density at radius 1 is 1.42 bits per heavy atom. The number of fused-ring (bicyclic) bond motifs is 1. The average Bonchev–Trinajstić information content (AvgIpc) is 2.95. The van der Waals surface area contributed by atoms with Crippen LogP contribution >= 0.6 is 0 Å². The van der Waals surface area contributed by atoms with Crippen LogP contribution in [0.2, 0.25) is 0 Å². The summed E-state index contributed by atoms with van der Waals surface area (Å²) in [4.78, 5) is 10.9. The van der Waals surface area contributed by atoms with Crippen molar-refractivity contribution >= 4 is 17.0 Å². The molecule has 3 rings (SSSR count). The average molecular weight is 257 g/mol.